The van der Waals surface area contributed by atoms with E-state index < -0.39 is 15.6 Å². The van der Waals surface area contributed by atoms with E-state index in [1.54, 1.807) is 27.0 Å². The zero-order valence-corrected chi connectivity index (χ0v) is 14.0. The van der Waals surface area contributed by atoms with Crippen molar-refractivity contribution in [2.24, 2.45) is 0 Å². The van der Waals surface area contributed by atoms with Gasteiger partial charge in [0, 0.05) is 20.2 Å². The van der Waals surface area contributed by atoms with Gasteiger partial charge in [-0.1, -0.05) is 0 Å². The SMILES string of the molecule is COC[C@@H]1CN(S(=O)(=O)c2cc(C)oc2C)CC(C)(C)O1. The van der Waals surface area contributed by atoms with E-state index in [4.69, 9.17) is 13.9 Å². The Balaban J connectivity index is 2.32. The van der Waals surface area contributed by atoms with Gasteiger partial charge in [-0.3, -0.25) is 0 Å². The third kappa shape index (κ3) is 3.48. The van der Waals surface area contributed by atoms with Crippen LogP contribution in [0.5, 0.6) is 0 Å². The smallest absolute Gasteiger partial charge is 0.246 e. The molecule has 7 heteroatoms. The quantitative estimate of drug-likeness (QED) is 0.845. The molecule has 1 aliphatic rings. The van der Waals surface area contributed by atoms with E-state index in [1.165, 1.54) is 4.31 Å². The Morgan fingerprint density at radius 2 is 2.10 bits per heavy atom. The molecule has 1 aliphatic heterocycles. The van der Waals surface area contributed by atoms with Gasteiger partial charge >= 0.3 is 0 Å². The summed E-state index contributed by atoms with van der Waals surface area (Å²) in [4.78, 5) is 0.230. The van der Waals surface area contributed by atoms with Gasteiger partial charge < -0.3 is 13.9 Å². The summed E-state index contributed by atoms with van der Waals surface area (Å²) in [7, 11) is -2.01. The summed E-state index contributed by atoms with van der Waals surface area (Å²) in [6.07, 6.45) is -0.276. The normalized spacial score (nSPS) is 23.4. The van der Waals surface area contributed by atoms with Gasteiger partial charge in [-0.2, -0.15) is 4.31 Å². The first-order valence-electron chi connectivity index (χ1n) is 6.89. The Kier molecular flexibility index (Phi) is 4.49. The maximum Gasteiger partial charge on any atom is 0.246 e. The topological polar surface area (TPSA) is 69.0 Å². The van der Waals surface area contributed by atoms with Crippen LogP contribution in [0.25, 0.3) is 0 Å². The summed E-state index contributed by atoms with van der Waals surface area (Å²) in [5, 5.41) is 0. The Hall–Kier alpha value is -0.890. The average molecular weight is 317 g/mol. The van der Waals surface area contributed by atoms with Crippen molar-refractivity contribution in [2.75, 3.05) is 26.8 Å². The van der Waals surface area contributed by atoms with Crippen LogP contribution >= 0.6 is 0 Å². The van der Waals surface area contributed by atoms with Crippen LogP contribution < -0.4 is 0 Å². The van der Waals surface area contributed by atoms with Crippen molar-refractivity contribution in [3.05, 3.63) is 17.6 Å². The van der Waals surface area contributed by atoms with Crippen LogP contribution in [0.15, 0.2) is 15.4 Å². The lowest BCUT2D eigenvalue weighted by Gasteiger charge is -2.41. The van der Waals surface area contributed by atoms with Crippen LogP contribution in [0.2, 0.25) is 0 Å². The monoisotopic (exact) mass is 317 g/mol. The van der Waals surface area contributed by atoms with Gasteiger partial charge in [0.2, 0.25) is 10.0 Å². The molecular formula is C14H23NO5S. The summed E-state index contributed by atoms with van der Waals surface area (Å²) in [6.45, 7) is 8.11. The highest BCUT2D eigenvalue weighted by molar-refractivity contribution is 7.89. The van der Waals surface area contributed by atoms with Crippen LogP contribution in [-0.4, -0.2) is 51.2 Å². The van der Waals surface area contributed by atoms with E-state index in [2.05, 4.69) is 0 Å². The number of aryl methyl sites for hydroxylation is 2. The van der Waals surface area contributed by atoms with Crippen molar-refractivity contribution >= 4 is 10.0 Å². The van der Waals surface area contributed by atoms with E-state index in [9.17, 15) is 8.42 Å². The minimum atomic E-state index is -3.59. The summed E-state index contributed by atoms with van der Waals surface area (Å²) >= 11 is 0. The van der Waals surface area contributed by atoms with Crippen LogP contribution in [0.3, 0.4) is 0 Å². The molecule has 1 aromatic heterocycles. The van der Waals surface area contributed by atoms with E-state index in [-0.39, 0.29) is 17.5 Å². The van der Waals surface area contributed by atoms with Gasteiger partial charge in [-0.05, 0) is 33.8 Å². The second-order valence-electron chi connectivity index (χ2n) is 6.03. The van der Waals surface area contributed by atoms with Crippen molar-refractivity contribution in [2.45, 2.75) is 44.3 Å². The van der Waals surface area contributed by atoms with Gasteiger partial charge in [-0.25, -0.2) is 8.42 Å². The van der Waals surface area contributed by atoms with E-state index in [0.29, 0.717) is 24.7 Å². The summed E-state index contributed by atoms with van der Waals surface area (Å²) in [5.74, 6) is 1.01. The number of methoxy groups -OCH3 is 1. The molecule has 0 spiro atoms. The molecule has 21 heavy (non-hydrogen) atoms. The Labute approximate surface area is 126 Å². The highest BCUT2D eigenvalue weighted by Gasteiger charge is 2.40. The highest BCUT2D eigenvalue weighted by Crippen LogP contribution is 2.29. The first kappa shape index (κ1) is 16.5. The maximum absolute atomic E-state index is 12.8. The second-order valence-corrected chi connectivity index (χ2v) is 7.94. The van der Waals surface area contributed by atoms with Crippen LogP contribution in [0, 0.1) is 13.8 Å². The standard InChI is InChI=1S/C14H23NO5S/c1-10-6-13(11(2)19-10)21(16,17)15-7-12(8-18-5)20-14(3,4)9-15/h6,12H,7-9H2,1-5H3/t12-/m0/s1. The minimum absolute atomic E-state index is 0.230. The molecule has 0 bridgehead atoms. The third-order valence-corrected chi connectivity index (χ3v) is 5.34. The Morgan fingerprint density at radius 3 is 2.62 bits per heavy atom. The highest BCUT2D eigenvalue weighted by atomic mass is 32.2. The molecule has 1 saturated heterocycles. The van der Waals surface area contributed by atoms with E-state index >= 15 is 0 Å². The molecule has 120 valence electrons. The number of rotatable bonds is 4. The molecule has 1 aromatic rings. The molecule has 0 radical (unpaired) electrons. The van der Waals surface area contributed by atoms with Gasteiger partial charge in [0.05, 0.1) is 18.3 Å². The number of nitrogens with zero attached hydrogens (tertiary/aromatic N) is 1. The Morgan fingerprint density at radius 1 is 1.43 bits per heavy atom. The molecular weight excluding hydrogens is 294 g/mol. The van der Waals surface area contributed by atoms with Crippen LogP contribution in [0.4, 0.5) is 0 Å². The van der Waals surface area contributed by atoms with Crippen LogP contribution in [-0.2, 0) is 19.5 Å². The lowest BCUT2D eigenvalue weighted by atomic mass is 10.1. The fourth-order valence-corrected chi connectivity index (χ4v) is 4.54. The first-order chi connectivity index (χ1) is 9.65. The zero-order valence-electron chi connectivity index (χ0n) is 13.2. The molecule has 0 N–H and O–H groups in total. The summed E-state index contributed by atoms with van der Waals surface area (Å²) < 4.78 is 43.4. The molecule has 0 unspecified atom stereocenters. The van der Waals surface area contributed by atoms with Gasteiger partial charge in [-0.15, -0.1) is 0 Å². The minimum Gasteiger partial charge on any atom is -0.465 e. The molecule has 6 nitrogen and oxygen atoms in total. The summed E-state index contributed by atoms with van der Waals surface area (Å²) in [5.41, 5.74) is -0.554. The fourth-order valence-electron chi connectivity index (χ4n) is 2.70. The Bertz CT molecular complexity index is 605. The number of ether oxygens (including phenoxy) is 2. The number of furan rings is 1. The third-order valence-electron chi connectivity index (χ3n) is 3.42. The molecule has 0 saturated carbocycles. The van der Waals surface area contributed by atoms with Crippen molar-refractivity contribution in [3.63, 3.8) is 0 Å². The number of hydrogen-bond acceptors (Lipinski definition) is 5. The molecule has 0 aliphatic carbocycles. The van der Waals surface area contributed by atoms with E-state index in [0.717, 1.165) is 0 Å². The maximum atomic E-state index is 12.8. The zero-order chi connectivity index (χ0) is 15.8. The molecule has 0 aromatic carbocycles. The number of morpholine rings is 1. The lowest BCUT2D eigenvalue weighted by molar-refractivity contribution is -0.135. The largest absolute Gasteiger partial charge is 0.465 e. The number of sulfonamides is 1. The van der Waals surface area contributed by atoms with Crippen molar-refractivity contribution in [1.29, 1.82) is 0 Å². The average Bonchev–Trinajstić information content (AvgIpc) is 2.67. The first-order valence-corrected chi connectivity index (χ1v) is 8.33. The van der Waals surface area contributed by atoms with Gasteiger partial charge in [0.25, 0.3) is 0 Å². The van der Waals surface area contributed by atoms with Crippen molar-refractivity contribution < 1.29 is 22.3 Å². The number of hydrogen-bond donors (Lipinski definition) is 0. The second kappa shape index (κ2) is 5.72. The molecule has 0 amide bonds. The van der Waals surface area contributed by atoms with Crippen molar-refractivity contribution in [3.8, 4) is 0 Å². The van der Waals surface area contributed by atoms with Crippen LogP contribution in [0.1, 0.15) is 25.4 Å². The predicted octanol–water partition coefficient (Wildman–Crippen LogP) is 1.71. The fraction of sp³-hybridized carbons (Fsp3) is 0.714. The van der Waals surface area contributed by atoms with Gasteiger partial charge in [0.1, 0.15) is 16.4 Å². The molecule has 2 rings (SSSR count). The molecule has 2 heterocycles. The summed E-state index contributed by atoms with van der Waals surface area (Å²) in [6, 6.07) is 1.57. The lowest BCUT2D eigenvalue weighted by Crippen LogP contribution is -2.55. The predicted molar refractivity (Wildman–Crippen MR) is 77.8 cm³/mol. The van der Waals surface area contributed by atoms with Crippen molar-refractivity contribution in [1.82, 2.24) is 4.31 Å². The molecule has 1 atom stereocenters. The van der Waals surface area contributed by atoms with Gasteiger partial charge in [0.15, 0.2) is 0 Å². The van der Waals surface area contributed by atoms with E-state index in [1.807, 2.05) is 13.8 Å². The molecule has 1 fully saturated rings.